The molecule has 2 fully saturated rings. The molecule has 2 atom stereocenters. The molecule has 0 aliphatic carbocycles. The van der Waals surface area contributed by atoms with E-state index in [0.717, 1.165) is 37.2 Å². The third-order valence-electron chi connectivity index (χ3n) is 4.73. The van der Waals surface area contributed by atoms with Crippen LogP contribution in [-0.2, 0) is 6.42 Å². The maximum Gasteiger partial charge on any atom is 0.146 e. The summed E-state index contributed by atoms with van der Waals surface area (Å²) in [6.45, 7) is 6.31. The minimum absolute atomic E-state index is 0.0709. The molecule has 2 saturated heterocycles. The lowest BCUT2D eigenvalue weighted by Crippen LogP contribution is -2.35. The molecule has 3 rings (SSSR count). The van der Waals surface area contributed by atoms with Crippen molar-refractivity contribution in [1.82, 2.24) is 4.90 Å². The number of anilines is 1. The molecule has 4 heteroatoms. The SMILES string of the molecule is CC(N)Cc1ccc(N2CCC(N3CCCC3)C2)c(F)c1. The Bertz CT molecular complexity index is 483. The predicted octanol–water partition coefficient (Wildman–Crippen LogP) is 2.39. The Morgan fingerprint density at radius 3 is 2.71 bits per heavy atom. The number of halogens is 1. The van der Waals surface area contributed by atoms with E-state index in [1.54, 1.807) is 6.07 Å². The molecule has 0 bridgehead atoms. The van der Waals surface area contributed by atoms with Gasteiger partial charge in [-0.25, -0.2) is 4.39 Å². The fraction of sp³-hybridized carbons (Fsp3) is 0.647. The summed E-state index contributed by atoms with van der Waals surface area (Å²) in [5.74, 6) is -0.102. The first kappa shape index (κ1) is 14.8. The van der Waals surface area contributed by atoms with E-state index in [1.165, 1.54) is 25.9 Å². The number of rotatable bonds is 4. The number of nitrogens with zero attached hydrogens (tertiary/aromatic N) is 2. The van der Waals surface area contributed by atoms with Crippen LogP contribution in [0.15, 0.2) is 18.2 Å². The molecular weight excluding hydrogens is 265 g/mol. The zero-order chi connectivity index (χ0) is 14.8. The van der Waals surface area contributed by atoms with Crippen molar-refractivity contribution in [2.45, 2.75) is 44.7 Å². The smallest absolute Gasteiger partial charge is 0.146 e. The highest BCUT2D eigenvalue weighted by Gasteiger charge is 2.30. The molecule has 2 aliphatic heterocycles. The van der Waals surface area contributed by atoms with Crippen LogP contribution in [0.2, 0.25) is 0 Å². The van der Waals surface area contributed by atoms with Crippen molar-refractivity contribution in [3.8, 4) is 0 Å². The Labute approximate surface area is 126 Å². The lowest BCUT2D eigenvalue weighted by atomic mass is 10.1. The minimum Gasteiger partial charge on any atom is -0.368 e. The molecule has 0 spiro atoms. The Morgan fingerprint density at radius 1 is 1.29 bits per heavy atom. The maximum absolute atomic E-state index is 14.4. The molecule has 2 unspecified atom stereocenters. The van der Waals surface area contributed by atoms with Gasteiger partial charge in [0.1, 0.15) is 5.82 Å². The molecule has 2 N–H and O–H groups in total. The molecule has 0 amide bonds. The van der Waals surface area contributed by atoms with Gasteiger partial charge in [0.05, 0.1) is 5.69 Å². The first-order valence-corrected chi connectivity index (χ1v) is 8.16. The van der Waals surface area contributed by atoms with Crippen LogP contribution in [-0.4, -0.2) is 43.2 Å². The highest BCUT2D eigenvalue weighted by molar-refractivity contribution is 5.50. The third kappa shape index (κ3) is 3.38. The van der Waals surface area contributed by atoms with E-state index in [9.17, 15) is 4.39 Å². The van der Waals surface area contributed by atoms with Gasteiger partial charge in [-0.2, -0.15) is 0 Å². The molecule has 116 valence electrons. The Balaban J connectivity index is 1.67. The van der Waals surface area contributed by atoms with Crippen LogP contribution in [0.25, 0.3) is 0 Å². The molecule has 1 aromatic rings. The lowest BCUT2D eigenvalue weighted by molar-refractivity contribution is 0.260. The van der Waals surface area contributed by atoms with Crippen LogP contribution < -0.4 is 10.6 Å². The van der Waals surface area contributed by atoms with E-state index in [0.29, 0.717) is 6.04 Å². The first-order valence-electron chi connectivity index (χ1n) is 8.16. The number of hydrogen-bond acceptors (Lipinski definition) is 3. The van der Waals surface area contributed by atoms with Crippen LogP contribution in [0.5, 0.6) is 0 Å². The van der Waals surface area contributed by atoms with E-state index < -0.39 is 0 Å². The summed E-state index contributed by atoms with van der Waals surface area (Å²) in [6, 6.07) is 6.28. The molecule has 2 aliphatic rings. The monoisotopic (exact) mass is 291 g/mol. The summed E-state index contributed by atoms with van der Waals surface area (Å²) in [6.07, 6.45) is 4.52. The van der Waals surface area contributed by atoms with E-state index in [2.05, 4.69) is 9.80 Å². The Morgan fingerprint density at radius 2 is 2.05 bits per heavy atom. The van der Waals surface area contributed by atoms with Gasteiger partial charge in [-0.05, 0) is 63.4 Å². The zero-order valence-corrected chi connectivity index (χ0v) is 12.9. The van der Waals surface area contributed by atoms with Crippen molar-refractivity contribution < 1.29 is 4.39 Å². The van der Waals surface area contributed by atoms with Crippen LogP contribution in [0.3, 0.4) is 0 Å². The van der Waals surface area contributed by atoms with Gasteiger partial charge in [-0.15, -0.1) is 0 Å². The number of likely N-dealkylation sites (tertiary alicyclic amines) is 1. The molecule has 0 saturated carbocycles. The number of hydrogen-bond donors (Lipinski definition) is 1. The molecule has 1 aromatic carbocycles. The van der Waals surface area contributed by atoms with Gasteiger partial charge in [-0.1, -0.05) is 6.07 Å². The highest BCUT2D eigenvalue weighted by Crippen LogP contribution is 2.28. The maximum atomic E-state index is 14.4. The second-order valence-electron chi connectivity index (χ2n) is 6.60. The topological polar surface area (TPSA) is 32.5 Å². The number of benzene rings is 1. The Hall–Kier alpha value is -1.13. The van der Waals surface area contributed by atoms with Crippen LogP contribution in [0.4, 0.5) is 10.1 Å². The number of nitrogens with two attached hydrogens (primary N) is 1. The van der Waals surface area contributed by atoms with Crippen molar-refractivity contribution in [2.24, 2.45) is 5.73 Å². The second kappa shape index (κ2) is 6.32. The zero-order valence-electron chi connectivity index (χ0n) is 12.9. The first-order chi connectivity index (χ1) is 10.1. The van der Waals surface area contributed by atoms with Crippen molar-refractivity contribution in [1.29, 1.82) is 0 Å². The summed E-state index contributed by atoms with van der Waals surface area (Å²) in [5, 5.41) is 0. The average Bonchev–Trinajstić information content (AvgIpc) is 3.09. The molecule has 3 nitrogen and oxygen atoms in total. The van der Waals surface area contributed by atoms with Crippen molar-refractivity contribution in [3.63, 3.8) is 0 Å². The average molecular weight is 291 g/mol. The van der Waals surface area contributed by atoms with E-state index in [1.807, 2.05) is 19.1 Å². The standard InChI is InChI=1S/C17H26FN3/c1-13(19)10-14-4-5-17(16(18)11-14)21-9-6-15(12-21)20-7-2-3-8-20/h4-5,11,13,15H,2-3,6-10,12,19H2,1H3. The summed E-state index contributed by atoms with van der Waals surface area (Å²) in [4.78, 5) is 4.77. The van der Waals surface area contributed by atoms with E-state index in [-0.39, 0.29) is 11.9 Å². The third-order valence-corrected chi connectivity index (χ3v) is 4.73. The molecular formula is C17H26FN3. The largest absolute Gasteiger partial charge is 0.368 e. The summed E-state index contributed by atoms with van der Waals surface area (Å²) < 4.78 is 14.4. The minimum atomic E-state index is -0.102. The lowest BCUT2D eigenvalue weighted by Gasteiger charge is -2.25. The van der Waals surface area contributed by atoms with Crippen molar-refractivity contribution in [3.05, 3.63) is 29.6 Å². The van der Waals surface area contributed by atoms with Gasteiger partial charge in [0.15, 0.2) is 0 Å². The molecule has 0 aromatic heterocycles. The van der Waals surface area contributed by atoms with Gasteiger partial charge < -0.3 is 10.6 Å². The van der Waals surface area contributed by atoms with Crippen molar-refractivity contribution in [2.75, 3.05) is 31.1 Å². The van der Waals surface area contributed by atoms with E-state index >= 15 is 0 Å². The fourth-order valence-electron chi connectivity index (χ4n) is 3.67. The van der Waals surface area contributed by atoms with Crippen molar-refractivity contribution >= 4 is 5.69 Å². The van der Waals surface area contributed by atoms with E-state index in [4.69, 9.17) is 5.73 Å². The summed E-state index contributed by atoms with van der Waals surface area (Å²) in [7, 11) is 0. The van der Waals surface area contributed by atoms with Gasteiger partial charge in [0.25, 0.3) is 0 Å². The quantitative estimate of drug-likeness (QED) is 0.924. The summed E-state index contributed by atoms with van der Waals surface area (Å²) in [5.41, 5.74) is 7.53. The van der Waals surface area contributed by atoms with Gasteiger partial charge in [-0.3, -0.25) is 4.90 Å². The summed E-state index contributed by atoms with van der Waals surface area (Å²) >= 11 is 0. The fourth-order valence-corrected chi connectivity index (χ4v) is 3.67. The molecule has 2 heterocycles. The van der Waals surface area contributed by atoms with Crippen LogP contribution in [0.1, 0.15) is 31.7 Å². The molecule has 0 radical (unpaired) electrons. The highest BCUT2D eigenvalue weighted by atomic mass is 19.1. The molecule has 21 heavy (non-hydrogen) atoms. The Kier molecular flexibility index (Phi) is 4.45. The van der Waals surface area contributed by atoms with Gasteiger partial charge >= 0.3 is 0 Å². The van der Waals surface area contributed by atoms with Crippen LogP contribution >= 0.6 is 0 Å². The second-order valence-corrected chi connectivity index (χ2v) is 6.60. The van der Waals surface area contributed by atoms with Crippen LogP contribution in [0, 0.1) is 5.82 Å². The predicted molar refractivity (Wildman–Crippen MR) is 85.2 cm³/mol. The normalized spacial score (nSPS) is 24.7. The van der Waals surface area contributed by atoms with Gasteiger partial charge in [0.2, 0.25) is 0 Å². The van der Waals surface area contributed by atoms with Gasteiger partial charge in [0, 0.05) is 25.2 Å².